The Morgan fingerprint density at radius 1 is 1.11 bits per heavy atom. The van der Waals surface area contributed by atoms with Gasteiger partial charge in [-0.1, -0.05) is 30.3 Å². The van der Waals surface area contributed by atoms with Crippen LogP contribution in [0.4, 0.5) is 0 Å². The number of benzene rings is 1. The number of hydrogen-bond acceptors (Lipinski definition) is 3. The summed E-state index contributed by atoms with van der Waals surface area (Å²) in [6.45, 7) is 6.36. The second-order valence-electron chi connectivity index (χ2n) is 6.50. The molecule has 7 heteroatoms. The Morgan fingerprint density at radius 2 is 1.85 bits per heavy atom. The molecule has 3 N–H and O–H groups in total. The fraction of sp³-hybridized carbons (Fsp3) is 0.600. The Bertz CT molecular complexity index is 550. The van der Waals surface area contributed by atoms with E-state index in [0.29, 0.717) is 19.7 Å². The van der Waals surface area contributed by atoms with Gasteiger partial charge in [-0.05, 0) is 38.2 Å². The van der Waals surface area contributed by atoms with Crippen LogP contribution >= 0.6 is 24.0 Å². The van der Waals surface area contributed by atoms with Gasteiger partial charge in [0, 0.05) is 38.7 Å². The largest absolute Gasteiger partial charge is 0.377 e. The van der Waals surface area contributed by atoms with Crippen LogP contribution < -0.4 is 16.0 Å². The molecule has 1 aliphatic rings. The molecule has 6 nitrogen and oxygen atoms in total. The standard InChI is InChI=1S/C20H32N4O2.HI/c1-2-21-20(24-14-13-22-19(25)18-10-11-18)23-12-6-7-15-26-16-17-8-4-3-5-9-17;/h3-5,8-9,18H,2,6-7,10-16H2,1H3,(H,22,25)(H2,21,23,24);1H. The highest BCUT2D eigenvalue weighted by molar-refractivity contribution is 14.0. The van der Waals surface area contributed by atoms with E-state index in [-0.39, 0.29) is 35.8 Å². The molecule has 1 amide bonds. The molecule has 27 heavy (non-hydrogen) atoms. The molecule has 1 aromatic carbocycles. The number of nitrogens with zero attached hydrogens (tertiary/aromatic N) is 1. The fourth-order valence-corrected chi connectivity index (χ4v) is 2.47. The van der Waals surface area contributed by atoms with Crippen LogP contribution in [0.25, 0.3) is 0 Å². The van der Waals surface area contributed by atoms with Crippen molar-refractivity contribution in [1.29, 1.82) is 0 Å². The van der Waals surface area contributed by atoms with Crippen LogP contribution in [0.2, 0.25) is 0 Å². The van der Waals surface area contributed by atoms with Crippen molar-refractivity contribution in [3.63, 3.8) is 0 Å². The molecule has 2 rings (SSSR count). The maximum Gasteiger partial charge on any atom is 0.223 e. The molecule has 152 valence electrons. The number of aliphatic imine (C=N–C) groups is 1. The van der Waals surface area contributed by atoms with Crippen molar-refractivity contribution in [2.75, 3.05) is 32.8 Å². The normalized spacial score (nSPS) is 13.6. The smallest absolute Gasteiger partial charge is 0.223 e. The zero-order valence-corrected chi connectivity index (χ0v) is 18.5. The van der Waals surface area contributed by atoms with Crippen LogP contribution in [0.5, 0.6) is 0 Å². The first-order chi connectivity index (χ1) is 12.8. The van der Waals surface area contributed by atoms with Crippen LogP contribution in [-0.2, 0) is 16.1 Å². The highest BCUT2D eigenvalue weighted by atomic mass is 127. The lowest BCUT2D eigenvalue weighted by atomic mass is 10.2. The SMILES string of the molecule is CCNC(=NCCCCOCc1ccccc1)NCCNC(=O)C1CC1.I. The molecule has 1 saturated carbocycles. The Morgan fingerprint density at radius 3 is 2.56 bits per heavy atom. The molecule has 0 bridgehead atoms. The Hall–Kier alpha value is -1.35. The molecular formula is C20H33IN4O2. The molecule has 0 heterocycles. The number of carbonyl (C=O) groups is 1. The van der Waals surface area contributed by atoms with Crippen LogP contribution in [0.15, 0.2) is 35.3 Å². The summed E-state index contributed by atoms with van der Waals surface area (Å²) in [7, 11) is 0. The fourth-order valence-electron chi connectivity index (χ4n) is 2.47. The minimum absolute atomic E-state index is 0. The molecule has 0 aromatic heterocycles. The minimum Gasteiger partial charge on any atom is -0.377 e. The number of amides is 1. The van der Waals surface area contributed by atoms with Gasteiger partial charge in [0.05, 0.1) is 6.61 Å². The van der Waals surface area contributed by atoms with Gasteiger partial charge in [-0.15, -0.1) is 24.0 Å². The van der Waals surface area contributed by atoms with E-state index in [0.717, 1.165) is 51.3 Å². The molecule has 0 saturated heterocycles. The molecular weight excluding hydrogens is 455 g/mol. The van der Waals surface area contributed by atoms with E-state index in [4.69, 9.17) is 4.74 Å². The van der Waals surface area contributed by atoms with Gasteiger partial charge in [-0.25, -0.2) is 0 Å². The van der Waals surface area contributed by atoms with Crippen molar-refractivity contribution in [2.24, 2.45) is 10.9 Å². The lowest BCUT2D eigenvalue weighted by molar-refractivity contribution is -0.122. The first-order valence-corrected chi connectivity index (χ1v) is 9.71. The summed E-state index contributed by atoms with van der Waals surface area (Å²) in [6.07, 6.45) is 4.06. The summed E-state index contributed by atoms with van der Waals surface area (Å²) >= 11 is 0. The van der Waals surface area contributed by atoms with Gasteiger partial charge in [-0.3, -0.25) is 9.79 Å². The minimum atomic E-state index is 0. The van der Waals surface area contributed by atoms with Gasteiger partial charge in [0.1, 0.15) is 0 Å². The van der Waals surface area contributed by atoms with Gasteiger partial charge in [0.2, 0.25) is 5.91 Å². The molecule has 0 radical (unpaired) electrons. The summed E-state index contributed by atoms with van der Waals surface area (Å²) < 4.78 is 5.68. The van der Waals surface area contributed by atoms with Crippen LogP contribution in [0.1, 0.15) is 38.2 Å². The second-order valence-corrected chi connectivity index (χ2v) is 6.50. The average Bonchev–Trinajstić information content (AvgIpc) is 3.50. The second kappa shape index (κ2) is 14.7. The van der Waals surface area contributed by atoms with Crippen molar-refractivity contribution >= 4 is 35.8 Å². The third kappa shape index (κ3) is 11.2. The predicted octanol–water partition coefficient (Wildman–Crippen LogP) is 2.68. The van der Waals surface area contributed by atoms with Crippen molar-refractivity contribution in [1.82, 2.24) is 16.0 Å². The van der Waals surface area contributed by atoms with E-state index in [2.05, 4.69) is 33.1 Å². The number of ether oxygens (including phenoxy) is 1. The Balaban J connectivity index is 0.00000364. The van der Waals surface area contributed by atoms with Crippen LogP contribution in [-0.4, -0.2) is 44.7 Å². The summed E-state index contributed by atoms with van der Waals surface area (Å²) in [4.78, 5) is 16.1. The van der Waals surface area contributed by atoms with Crippen molar-refractivity contribution in [2.45, 2.75) is 39.2 Å². The zero-order valence-electron chi connectivity index (χ0n) is 16.2. The topological polar surface area (TPSA) is 74.8 Å². The highest BCUT2D eigenvalue weighted by Crippen LogP contribution is 2.28. The van der Waals surface area contributed by atoms with E-state index in [1.165, 1.54) is 5.56 Å². The Labute approximate surface area is 179 Å². The summed E-state index contributed by atoms with van der Waals surface area (Å²) in [5.41, 5.74) is 1.21. The van der Waals surface area contributed by atoms with Gasteiger partial charge in [-0.2, -0.15) is 0 Å². The van der Waals surface area contributed by atoms with E-state index in [1.54, 1.807) is 0 Å². The molecule has 1 fully saturated rings. The van der Waals surface area contributed by atoms with E-state index < -0.39 is 0 Å². The molecule has 0 aliphatic heterocycles. The molecule has 1 aliphatic carbocycles. The zero-order chi connectivity index (χ0) is 18.5. The molecule has 0 atom stereocenters. The number of carbonyl (C=O) groups excluding carboxylic acids is 1. The van der Waals surface area contributed by atoms with E-state index >= 15 is 0 Å². The van der Waals surface area contributed by atoms with Gasteiger partial charge in [0.25, 0.3) is 0 Å². The third-order valence-corrected chi connectivity index (χ3v) is 4.09. The number of unbranched alkanes of at least 4 members (excludes halogenated alkanes) is 1. The van der Waals surface area contributed by atoms with E-state index in [9.17, 15) is 4.79 Å². The maximum atomic E-state index is 11.6. The molecule has 0 unspecified atom stereocenters. The lowest BCUT2D eigenvalue weighted by Gasteiger charge is -2.11. The Kier molecular flexibility index (Phi) is 12.9. The van der Waals surface area contributed by atoms with Crippen molar-refractivity contribution in [3.05, 3.63) is 35.9 Å². The average molecular weight is 488 g/mol. The number of guanidine groups is 1. The third-order valence-electron chi connectivity index (χ3n) is 4.09. The van der Waals surface area contributed by atoms with Crippen molar-refractivity contribution in [3.8, 4) is 0 Å². The van der Waals surface area contributed by atoms with Gasteiger partial charge >= 0.3 is 0 Å². The summed E-state index contributed by atoms with van der Waals surface area (Å²) in [5.74, 6) is 1.25. The van der Waals surface area contributed by atoms with Crippen molar-refractivity contribution < 1.29 is 9.53 Å². The predicted molar refractivity (Wildman–Crippen MR) is 120 cm³/mol. The number of hydrogen-bond donors (Lipinski definition) is 3. The molecule has 0 spiro atoms. The monoisotopic (exact) mass is 488 g/mol. The van der Waals surface area contributed by atoms with Gasteiger partial charge < -0.3 is 20.7 Å². The van der Waals surface area contributed by atoms with Gasteiger partial charge in [0.15, 0.2) is 5.96 Å². The summed E-state index contributed by atoms with van der Waals surface area (Å²) in [6, 6.07) is 10.2. The molecule has 1 aromatic rings. The summed E-state index contributed by atoms with van der Waals surface area (Å²) in [5, 5.41) is 9.42. The van der Waals surface area contributed by atoms with Crippen LogP contribution in [0, 0.1) is 5.92 Å². The van der Waals surface area contributed by atoms with E-state index in [1.807, 2.05) is 25.1 Å². The maximum absolute atomic E-state index is 11.6. The first kappa shape index (κ1) is 23.7. The first-order valence-electron chi connectivity index (χ1n) is 9.71. The highest BCUT2D eigenvalue weighted by Gasteiger charge is 2.28. The number of nitrogens with one attached hydrogen (secondary N) is 3. The number of rotatable bonds is 12. The quantitative estimate of drug-likeness (QED) is 0.183. The lowest BCUT2D eigenvalue weighted by Crippen LogP contribution is -2.41. The van der Waals surface area contributed by atoms with Crippen LogP contribution in [0.3, 0.4) is 0 Å². The number of halogens is 1.